The minimum atomic E-state index is -0.441. The average Bonchev–Trinajstić information content (AvgIpc) is 3.49. The number of ether oxygens (including phenoxy) is 2. The monoisotopic (exact) mass is 692 g/mol. The highest BCUT2D eigenvalue weighted by atomic mass is 16.5. The van der Waals surface area contributed by atoms with Gasteiger partial charge in [-0.15, -0.1) is 0 Å². The van der Waals surface area contributed by atoms with E-state index in [-0.39, 0.29) is 18.1 Å². The van der Waals surface area contributed by atoms with Crippen molar-refractivity contribution in [2.45, 2.75) is 64.8 Å². The first-order chi connectivity index (χ1) is 24.7. The molecule has 0 unspecified atom stereocenters. The highest BCUT2D eigenvalue weighted by Gasteiger charge is 2.34. The summed E-state index contributed by atoms with van der Waals surface area (Å²) in [6.45, 7) is 9.14. The summed E-state index contributed by atoms with van der Waals surface area (Å²) in [5, 5.41) is 3.24. The Bertz CT molecular complexity index is 2030. The number of hydrogen-bond donors (Lipinski definition) is 1. The molecule has 3 aliphatic heterocycles. The molecule has 1 aliphatic carbocycles. The fourth-order valence-corrected chi connectivity index (χ4v) is 7.99. The van der Waals surface area contributed by atoms with Crippen molar-refractivity contribution in [1.29, 1.82) is 0 Å². The summed E-state index contributed by atoms with van der Waals surface area (Å²) in [6.07, 6.45) is 9.51. The molecule has 0 aromatic carbocycles. The van der Waals surface area contributed by atoms with E-state index < -0.39 is 5.97 Å². The summed E-state index contributed by atoms with van der Waals surface area (Å²) in [7, 11) is 1.70. The number of amides is 1. The van der Waals surface area contributed by atoms with Gasteiger partial charge in [0.25, 0.3) is 11.5 Å². The van der Waals surface area contributed by atoms with Crippen LogP contribution in [0.25, 0.3) is 11.1 Å². The van der Waals surface area contributed by atoms with E-state index in [1.165, 1.54) is 22.7 Å². The number of nitrogens with zero attached hydrogens (tertiary/aromatic N) is 7. The van der Waals surface area contributed by atoms with Gasteiger partial charge in [-0.3, -0.25) is 24.2 Å². The van der Waals surface area contributed by atoms with Gasteiger partial charge in [0, 0.05) is 82.0 Å². The number of piperazine rings is 1. The van der Waals surface area contributed by atoms with Gasteiger partial charge in [-0.2, -0.15) is 0 Å². The molecular formula is C38H44N8O5. The molecule has 0 radical (unpaired) electrons. The van der Waals surface area contributed by atoms with Crippen molar-refractivity contribution in [3.63, 3.8) is 0 Å². The van der Waals surface area contributed by atoms with Crippen molar-refractivity contribution >= 4 is 34.9 Å². The first-order valence-electron chi connectivity index (χ1n) is 17.9. The van der Waals surface area contributed by atoms with Crippen molar-refractivity contribution in [2.24, 2.45) is 7.05 Å². The summed E-state index contributed by atoms with van der Waals surface area (Å²) < 4.78 is 14.6. The lowest BCUT2D eigenvalue weighted by Crippen LogP contribution is -2.59. The largest absolute Gasteiger partial charge is 0.461 e. The van der Waals surface area contributed by atoms with E-state index in [2.05, 4.69) is 36.6 Å². The third-order valence-corrected chi connectivity index (χ3v) is 10.8. The summed E-state index contributed by atoms with van der Waals surface area (Å²) >= 11 is 0. The summed E-state index contributed by atoms with van der Waals surface area (Å²) in [4.78, 5) is 55.4. The van der Waals surface area contributed by atoms with Crippen LogP contribution in [0.3, 0.4) is 0 Å². The molecule has 1 N–H and O–H groups in total. The number of rotatable bonds is 8. The molecule has 4 aromatic rings. The molecular weight excluding hydrogens is 648 g/mol. The first kappa shape index (κ1) is 33.2. The van der Waals surface area contributed by atoms with Crippen LogP contribution in [0.4, 0.5) is 23.0 Å². The molecule has 2 fully saturated rings. The Morgan fingerprint density at radius 3 is 2.63 bits per heavy atom. The molecule has 4 aliphatic rings. The standard InChI is InChI=1S/C38H44N8O5/c1-24-19-43(29-21-50-22-29)12-13-44(24)28-8-9-35(40-18-28)41-32-16-27(20-42(3)37(32)48)30-10-11-39-36(31(30)23-51-25(2)47)46-15-14-45-33-7-5-4-6-26(33)17-34(45)38(46)49/h8-11,16-18,20,24,29H,4-7,12-15,19,21-23H2,1-3H3,(H,40,41)/t24-/m0/s1. The van der Waals surface area contributed by atoms with Gasteiger partial charge in [0.05, 0.1) is 31.1 Å². The maximum atomic E-state index is 14.0. The van der Waals surface area contributed by atoms with Crippen molar-refractivity contribution < 1.29 is 19.1 Å². The van der Waals surface area contributed by atoms with Crippen LogP contribution in [-0.2, 0) is 47.3 Å². The third-order valence-electron chi connectivity index (χ3n) is 10.8. The highest BCUT2D eigenvalue weighted by Crippen LogP contribution is 2.35. The molecule has 2 saturated heterocycles. The van der Waals surface area contributed by atoms with Gasteiger partial charge in [0.15, 0.2) is 0 Å². The fourth-order valence-electron chi connectivity index (χ4n) is 7.99. The molecule has 7 heterocycles. The number of aromatic nitrogens is 4. The van der Waals surface area contributed by atoms with Crippen molar-refractivity contribution in [3.05, 3.63) is 81.8 Å². The number of fused-ring (bicyclic) bond motifs is 3. The molecule has 1 amide bonds. The van der Waals surface area contributed by atoms with E-state index in [0.717, 1.165) is 64.2 Å². The number of pyridine rings is 3. The Morgan fingerprint density at radius 2 is 1.88 bits per heavy atom. The zero-order chi connectivity index (χ0) is 35.2. The number of anilines is 4. The molecule has 51 heavy (non-hydrogen) atoms. The SMILES string of the molecule is CC(=O)OCc1c(-c2cc(Nc3ccc(N4CCN(C5COC5)C[C@@H]4C)cn3)c(=O)n(C)c2)ccnc1N1CCn2c(cc3c2CCCC3)C1=O. The quantitative estimate of drug-likeness (QED) is 0.272. The van der Waals surface area contributed by atoms with Crippen LogP contribution in [0, 0.1) is 0 Å². The normalized spacial score (nSPS) is 19.4. The molecule has 13 nitrogen and oxygen atoms in total. The van der Waals surface area contributed by atoms with E-state index in [4.69, 9.17) is 9.47 Å². The summed E-state index contributed by atoms with van der Waals surface area (Å²) in [5.41, 5.74) is 6.37. The zero-order valence-electron chi connectivity index (χ0n) is 29.4. The minimum Gasteiger partial charge on any atom is -0.461 e. The molecule has 266 valence electrons. The smallest absolute Gasteiger partial charge is 0.302 e. The van der Waals surface area contributed by atoms with E-state index in [1.807, 2.05) is 30.5 Å². The van der Waals surface area contributed by atoms with Crippen LogP contribution in [0.5, 0.6) is 0 Å². The van der Waals surface area contributed by atoms with Crippen LogP contribution in [0.15, 0.2) is 53.7 Å². The maximum Gasteiger partial charge on any atom is 0.302 e. The number of aryl methyl sites for hydroxylation is 2. The Morgan fingerprint density at radius 1 is 1.04 bits per heavy atom. The molecule has 8 rings (SSSR count). The van der Waals surface area contributed by atoms with Crippen molar-refractivity contribution in [2.75, 3.05) is 54.5 Å². The fraction of sp³-hybridized carbons (Fsp3) is 0.447. The lowest BCUT2D eigenvalue weighted by atomic mass is 9.98. The highest BCUT2D eigenvalue weighted by molar-refractivity contribution is 6.06. The van der Waals surface area contributed by atoms with Crippen LogP contribution in [0.1, 0.15) is 54.0 Å². The van der Waals surface area contributed by atoms with E-state index in [1.54, 1.807) is 30.4 Å². The van der Waals surface area contributed by atoms with Crippen molar-refractivity contribution in [1.82, 2.24) is 24.0 Å². The van der Waals surface area contributed by atoms with Crippen molar-refractivity contribution in [3.8, 4) is 11.1 Å². The van der Waals surface area contributed by atoms with Gasteiger partial charge >= 0.3 is 5.97 Å². The second-order valence-corrected chi connectivity index (χ2v) is 14.1. The Labute approximate surface area is 296 Å². The predicted octanol–water partition coefficient (Wildman–Crippen LogP) is 3.90. The molecule has 0 saturated carbocycles. The minimum absolute atomic E-state index is 0.0785. The number of esters is 1. The molecule has 0 bridgehead atoms. The van der Waals surface area contributed by atoms with Crippen LogP contribution < -0.4 is 20.7 Å². The van der Waals surface area contributed by atoms with Gasteiger partial charge < -0.3 is 28.8 Å². The lowest BCUT2D eigenvalue weighted by molar-refractivity contribution is -0.142. The van der Waals surface area contributed by atoms with Crippen LogP contribution >= 0.6 is 0 Å². The Balaban J connectivity index is 1.07. The predicted molar refractivity (Wildman–Crippen MR) is 194 cm³/mol. The van der Waals surface area contributed by atoms with E-state index in [0.29, 0.717) is 64.9 Å². The van der Waals surface area contributed by atoms with Gasteiger partial charge in [-0.05, 0) is 74.1 Å². The maximum absolute atomic E-state index is 14.0. The number of nitrogens with one attached hydrogen (secondary N) is 1. The molecule has 4 aromatic heterocycles. The zero-order valence-corrected chi connectivity index (χ0v) is 29.4. The third kappa shape index (κ3) is 6.29. The summed E-state index contributed by atoms with van der Waals surface area (Å²) in [5.74, 6) is 0.432. The van der Waals surface area contributed by atoms with Gasteiger partial charge in [0.2, 0.25) is 0 Å². The molecule has 1 atom stereocenters. The number of hydrogen-bond acceptors (Lipinski definition) is 10. The van der Waals surface area contributed by atoms with E-state index >= 15 is 0 Å². The van der Waals surface area contributed by atoms with Gasteiger partial charge in [-0.25, -0.2) is 9.97 Å². The lowest BCUT2D eigenvalue weighted by Gasteiger charge is -2.46. The topological polar surface area (TPSA) is 127 Å². The molecule has 13 heteroatoms. The number of carbonyl (C=O) groups excluding carboxylic acids is 2. The second kappa shape index (κ2) is 13.6. The first-order valence-corrected chi connectivity index (χ1v) is 17.9. The Hall–Kier alpha value is -5.01. The number of carbonyl (C=O) groups is 2. The van der Waals surface area contributed by atoms with Crippen LogP contribution in [-0.4, -0.2) is 87.4 Å². The Kier molecular flexibility index (Phi) is 8.84. The van der Waals surface area contributed by atoms with E-state index in [9.17, 15) is 14.4 Å². The van der Waals surface area contributed by atoms with Gasteiger partial charge in [-0.1, -0.05) is 0 Å². The summed E-state index contributed by atoms with van der Waals surface area (Å²) in [6, 6.07) is 10.4. The van der Waals surface area contributed by atoms with Gasteiger partial charge in [0.1, 0.15) is 29.6 Å². The second-order valence-electron chi connectivity index (χ2n) is 14.1. The average molecular weight is 693 g/mol. The molecule has 0 spiro atoms. The van der Waals surface area contributed by atoms with Crippen LogP contribution in [0.2, 0.25) is 0 Å².